The largest absolute Gasteiger partial charge is 0.369 e. The van der Waals surface area contributed by atoms with Crippen molar-refractivity contribution < 1.29 is 8.42 Å². The molecule has 0 atom stereocenters. The molecule has 0 aromatic heterocycles. The topological polar surface area (TPSA) is 52.7 Å². The number of hydrogen-bond acceptors (Lipinski definition) is 4. The van der Waals surface area contributed by atoms with Gasteiger partial charge in [-0.15, -0.1) is 0 Å². The zero-order valence-electron chi connectivity index (χ0n) is 12.2. The van der Waals surface area contributed by atoms with E-state index in [2.05, 4.69) is 38.8 Å². The summed E-state index contributed by atoms with van der Waals surface area (Å²) >= 11 is 0. The maximum atomic E-state index is 11.7. The van der Waals surface area contributed by atoms with Crippen molar-refractivity contribution in [3.8, 4) is 0 Å². The van der Waals surface area contributed by atoms with Gasteiger partial charge in [0.1, 0.15) is 0 Å². The van der Waals surface area contributed by atoms with Gasteiger partial charge in [-0.1, -0.05) is 18.2 Å². The van der Waals surface area contributed by atoms with Crippen LogP contribution < -0.4 is 9.62 Å². The minimum absolute atomic E-state index is 0.118. The molecule has 1 saturated heterocycles. The summed E-state index contributed by atoms with van der Waals surface area (Å²) in [5.41, 5.74) is 1.27. The van der Waals surface area contributed by atoms with Crippen molar-refractivity contribution in [2.24, 2.45) is 0 Å². The maximum Gasteiger partial charge on any atom is 0.214 e. The summed E-state index contributed by atoms with van der Waals surface area (Å²) in [5.74, 6) is 0. The molecule has 1 aromatic rings. The molecule has 116 valence electrons. The molecular formula is C15H23N3O2S. The number of piperazine rings is 1. The first-order valence-electron chi connectivity index (χ1n) is 7.66. The highest BCUT2D eigenvalue weighted by atomic mass is 32.2. The van der Waals surface area contributed by atoms with Gasteiger partial charge in [-0.25, -0.2) is 13.1 Å². The summed E-state index contributed by atoms with van der Waals surface area (Å²) in [6.07, 6.45) is 1.65. The van der Waals surface area contributed by atoms with Crippen LogP contribution >= 0.6 is 0 Å². The average Bonchev–Trinajstić information content (AvgIpc) is 3.34. The second-order valence-electron chi connectivity index (χ2n) is 5.80. The molecule has 6 heteroatoms. The highest BCUT2D eigenvalue weighted by Gasteiger charge is 2.35. The summed E-state index contributed by atoms with van der Waals surface area (Å²) in [6.45, 7) is 5.30. The van der Waals surface area contributed by atoms with Gasteiger partial charge in [-0.2, -0.15) is 0 Å². The Morgan fingerprint density at radius 2 is 1.71 bits per heavy atom. The van der Waals surface area contributed by atoms with Gasteiger partial charge in [0.05, 0.1) is 5.25 Å². The summed E-state index contributed by atoms with van der Waals surface area (Å²) in [7, 11) is -3.03. The maximum absolute atomic E-state index is 11.7. The lowest BCUT2D eigenvalue weighted by Gasteiger charge is -2.36. The molecule has 1 heterocycles. The Morgan fingerprint density at radius 1 is 1.05 bits per heavy atom. The van der Waals surface area contributed by atoms with Crippen molar-refractivity contribution in [2.75, 3.05) is 44.2 Å². The molecule has 3 rings (SSSR count). The number of benzene rings is 1. The van der Waals surface area contributed by atoms with E-state index in [1.165, 1.54) is 5.69 Å². The lowest BCUT2D eigenvalue weighted by molar-refractivity contribution is 0.262. The predicted octanol–water partition coefficient (Wildman–Crippen LogP) is 0.890. The Hall–Kier alpha value is -1.11. The van der Waals surface area contributed by atoms with Crippen LogP contribution in [0, 0.1) is 0 Å². The Kier molecular flexibility index (Phi) is 4.47. The Balaban J connectivity index is 1.40. The van der Waals surface area contributed by atoms with Gasteiger partial charge >= 0.3 is 0 Å². The third kappa shape index (κ3) is 3.96. The van der Waals surface area contributed by atoms with Crippen LogP contribution in [0.25, 0.3) is 0 Å². The van der Waals surface area contributed by atoms with E-state index in [0.717, 1.165) is 45.6 Å². The van der Waals surface area contributed by atoms with E-state index in [4.69, 9.17) is 0 Å². The normalized spacial score (nSPS) is 20.7. The first-order chi connectivity index (χ1) is 10.1. The monoisotopic (exact) mass is 309 g/mol. The fraction of sp³-hybridized carbons (Fsp3) is 0.600. The number of para-hydroxylation sites is 1. The molecule has 2 fully saturated rings. The van der Waals surface area contributed by atoms with Crippen molar-refractivity contribution in [1.29, 1.82) is 0 Å². The summed E-state index contributed by atoms with van der Waals surface area (Å²) < 4.78 is 26.2. The lowest BCUT2D eigenvalue weighted by Crippen LogP contribution is -2.48. The number of sulfonamides is 1. The van der Waals surface area contributed by atoms with E-state index in [0.29, 0.717) is 6.54 Å². The minimum Gasteiger partial charge on any atom is -0.369 e. The van der Waals surface area contributed by atoms with Crippen LogP contribution in [-0.2, 0) is 10.0 Å². The van der Waals surface area contributed by atoms with Gasteiger partial charge in [0.25, 0.3) is 0 Å². The molecule has 2 aliphatic rings. The second-order valence-corrected chi connectivity index (χ2v) is 7.85. The zero-order chi connectivity index (χ0) is 14.7. The van der Waals surface area contributed by atoms with Crippen LogP contribution in [-0.4, -0.2) is 57.8 Å². The van der Waals surface area contributed by atoms with Gasteiger partial charge in [0.15, 0.2) is 0 Å². The highest BCUT2D eigenvalue weighted by Crippen LogP contribution is 2.27. The second kappa shape index (κ2) is 6.34. The number of hydrogen-bond donors (Lipinski definition) is 1. The molecule has 1 aliphatic heterocycles. The van der Waals surface area contributed by atoms with E-state index >= 15 is 0 Å². The number of nitrogens with zero attached hydrogens (tertiary/aromatic N) is 2. The van der Waals surface area contributed by atoms with Crippen molar-refractivity contribution >= 4 is 15.7 Å². The fourth-order valence-electron chi connectivity index (χ4n) is 2.71. The quantitative estimate of drug-likeness (QED) is 0.848. The van der Waals surface area contributed by atoms with Crippen molar-refractivity contribution in [3.05, 3.63) is 30.3 Å². The molecule has 1 aromatic carbocycles. The van der Waals surface area contributed by atoms with Gasteiger partial charge in [-0.3, -0.25) is 4.90 Å². The summed E-state index contributed by atoms with van der Waals surface area (Å²) in [4.78, 5) is 4.71. The third-order valence-corrected chi connectivity index (χ3v) is 6.14. The van der Waals surface area contributed by atoms with E-state index in [9.17, 15) is 8.42 Å². The molecule has 1 saturated carbocycles. The summed E-state index contributed by atoms with van der Waals surface area (Å²) in [5, 5.41) is -0.118. The molecule has 5 nitrogen and oxygen atoms in total. The Bertz CT molecular complexity index is 550. The molecule has 1 N–H and O–H groups in total. The van der Waals surface area contributed by atoms with E-state index in [1.54, 1.807) is 0 Å². The lowest BCUT2D eigenvalue weighted by atomic mass is 10.2. The van der Waals surface area contributed by atoms with E-state index < -0.39 is 10.0 Å². The van der Waals surface area contributed by atoms with Gasteiger partial charge in [0, 0.05) is 45.0 Å². The van der Waals surface area contributed by atoms with Crippen LogP contribution in [0.2, 0.25) is 0 Å². The molecule has 0 bridgehead atoms. The molecule has 0 radical (unpaired) electrons. The average molecular weight is 309 g/mol. The van der Waals surface area contributed by atoms with Crippen LogP contribution in [0.5, 0.6) is 0 Å². The van der Waals surface area contributed by atoms with E-state index in [-0.39, 0.29) is 5.25 Å². The fourth-order valence-corrected chi connectivity index (χ4v) is 4.08. The zero-order valence-corrected chi connectivity index (χ0v) is 13.1. The predicted molar refractivity (Wildman–Crippen MR) is 85.0 cm³/mol. The molecule has 1 aliphatic carbocycles. The molecule has 0 unspecified atom stereocenters. The van der Waals surface area contributed by atoms with Crippen LogP contribution in [0.15, 0.2) is 30.3 Å². The van der Waals surface area contributed by atoms with Crippen molar-refractivity contribution in [1.82, 2.24) is 9.62 Å². The molecule has 21 heavy (non-hydrogen) atoms. The standard InChI is InChI=1S/C15H23N3O2S/c19-21(20,15-6-7-15)16-8-9-17-10-12-18(13-11-17)14-4-2-1-3-5-14/h1-5,15-16H,6-13H2. The summed E-state index contributed by atoms with van der Waals surface area (Å²) in [6, 6.07) is 10.4. The Labute approximate surface area is 127 Å². The van der Waals surface area contributed by atoms with Crippen molar-refractivity contribution in [3.63, 3.8) is 0 Å². The molecule has 0 amide bonds. The van der Waals surface area contributed by atoms with Gasteiger partial charge in [-0.05, 0) is 25.0 Å². The Morgan fingerprint density at radius 3 is 2.33 bits per heavy atom. The number of rotatable bonds is 6. The van der Waals surface area contributed by atoms with Crippen LogP contribution in [0.4, 0.5) is 5.69 Å². The van der Waals surface area contributed by atoms with Gasteiger partial charge < -0.3 is 4.90 Å². The number of nitrogens with one attached hydrogen (secondary N) is 1. The number of anilines is 1. The SMILES string of the molecule is O=S(=O)(NCCN1CCN(c2ccccc2)CC1)C1CC1. The van der Waals surface area contributed by atoms with Crippen LogP contribution in [0.3, 0.4) is 0 Å². The first-order valence-corrected chi connectivity index (χ1v) is 9.20. The van der Waals surface area contributed by atoms with Gasteiger partial charge in [0.2, 0.25) is 10.0 Å². The first kappa shape index (κ1) is 14.8. The minimum atomic E-state index is -3.03. The third-order valence-electron chi connectivity index (χ3n) is 4.19. The van der Waals surface area contributed by atoms with E-state index in [1.807, 2.05) is 6.07 Å². The van der Waals surface area contributed by atoms with Crippen molar-refractivity contribution in [2.45, 2.75) is 18.1 Å². The van der Waals surface area contributed by atoms with Crippen LogP contribution in [0.1, 0.15) is 12.8 Å². The smallest absolute Gasteiger partial charge is 0.214 e. The highest BCUT2D eigenvalue weighted by molar-refractivity contribution is 7.90. The molecule has 0 spiro atoms. The molecular weight excluding hydrogens is 286 g/mol.